The van der Waals surface area contributed by atoms with E-state index in [0.29, 0.717) is 6.54 Å². The SMILES string of the molecule is COc1c(C)ccc2[nH]cc(CCN)c12. The van der Waals surface area contributed by atoms with E-state index < -0.39 is 0 Å². The minimum atomic E-state index is 0.657. The van der Waals surface area contributed by atoms with Crippen LogP contribution in [0.5, 0.6) is 5.75 Å². The molecular weight excluding hydrogens is 188 g/mol. The van der Waals surface area contributed by atoms with E-state index in [1.165, 1.54) is 10.9 Å². The number of nitrogens with two attached hydrogens (primary N) is 1. The van der Waals surface area contributed by atoms with Crippen LogP contribution >= 0.6 is 0 Å². The zero-order valence-electron chi connectivity index (χ0n) is 9.13. The third kappa shape index (κ3) is 1.59. The van der Waals surface area contributed by atoms with Gasteiger partial charge in [-0.25, -0.2) is 0 Å². The standard InChI is InChI=1S/C12H16N2O/c1-8-3-4-10-11(12(8)15-2)9(5-6-13)7-14-10/h3-4,7,14H,5-6,13H2,1-2H3. The Kier molecular flexibility index (Phi) is 2.64. The first-order valence-corrected chi connectivity index (χ1v) is 5.11. The molecule has 0 fully saturated rings. The molecule has 0 radical (unpaired) electrons. The van der Waals surface area contributed by atoms with Crippen LogP contribution < -0.4 is 10.5 Å². The average Bonchev–Trinajstić information content (AvgIpc) is 2.63. The molecule has 80 valence electrons. The van der Waals surface area contributed by atoms with Gasteiger partial charge in [0.1, 0.15) is 5.75 Å². The van der Waals surface area contributed by atoms with Gasteiger partial charge in [-0.05, 0) is 37.1 Å². The Balaban J connectivity index is 2.69. The summed E-state index contributed by atoms with van der Waals surface area (Å²) in [6.07, 6.45) is 2.89. The Labute approximate surface area is 89.2 Å². The first-order valence-electron chi connectivity index (χ1n) is 5.11. The topological polar surface area (TPSA) is 51.0 Å². The molecule has 0 saturated carbocycles. The zero-order valence-corrected chi connectivity index (χ0v) is 9.13. The van der Waals surface area contributed by atoms with Crippen molar-refractivity contribution in [2.24, 2.45) is 5.73 Å². The number of hydrogen-bond acceptors (Lipinski definition) is 2. The molecule has 0 aliphatic rings. The van der Waals surface area contributed by atoms with E-state index in [1.807, 2.05) is 6.20 Å². The molecule has 1 aromatic carbocycles. The van der Waals surface area contributed by atoms with E-state index in [9.17, 15) is 0 Å². The van der Waals surface area contributed by atoms with Crippen LogP contribution in [0.3, 0.4) is 0 Å². The fourth-order valence-electron chi connectivity index (χ4n) is 1.98. The highest BCUT2D eigenvalue weighted by atomic mass is 16.5. The summed E-state index contributed by atoms with van der Waals surface area (Å²) >= 11 is 0. The fraction of sp³-hybridized carbons (Fsp3) is 0.333. The second-order valence-electron chi connectivity index (χ2n) is 3.69. The fourth-order valence-corrected chi connectivity index (χ4v) is 1.98. The van der Waals surface area contributed by atoms with Crippen molar-refractivity contribution in [2.75, 3.05) is 13.7 Å². The van der Waals surface area contributed by atoms with Crippen molar-refractivity contribution < 1.29 is 4.74 Å². The molecule has 0 aliphatic heterocycles. The second kappa shape index (κ2) is 3.95. The molecule has 0 atom stereocenters. The van der Waals surface area contributed by atoms with E-state index in [2.05, 4.69) is 24.0 Å². The van der Waals surface area contributed by atoms with Crippen LogP contribution in [0.4, 0.5) is 0 Å². The molecule has 1 aromatic heterocycles. The zero-order chi connectivity index (χ0) is 10.8. The summed E-state index contributed by atoms with van der Waals surface area (Å²) < 4.78 is 5.44. The largest absolute Gasteiger partial charge is 0.496 e. The van der Waals surface area contributed by atoms with Gasteiger partial charge in [0.15, 0.2) is 0 Å². The smallest absolute Gasteiger partial charge is 0.131 e. The maximum absolute atomic E-state index is 5.59. The predicted molar refractivity (Wildman–Crippen MR) is 62.3 cm³/mol. The number of aryl methyl sites for hydroxylation is 1. The summed E-state index contributed by atoms with van der Waals surface area (Å²) in [4.78, 5) is 3.24. The number of ether oxygens (including phenoxy) is 1. The van der Waals surface area contributed by atoms with E-state index in [1.54, 1.807) is 7.11 Å². The number of nitrogens with one attached hydrogen (secondary N) is 1. The molecule has 0 spiro atoms. The lowest BCUT2D eigenvalue weighted by Crippen LogP contribution is -2.02. The van der Waals surface area contributed by atoms with Crippen molar-refractivity contribution in [2.45, 2.75) is 13.3 Å². The Morgan fingerprint density at radius 1 is 1.40 bits per heavy atom. The molecule has 2 rings (SSSR count). The number of rotatable bonds is 3. The van der Waals surface area contributed by atoms with Crippen LogP contribution in [0.2, 0.25) is 0 Å². The molecular formula is C12H16N2O. The van der Waals surface area contributed by atoms with Crippen LogP contribution in [0.25, 0.3) is 10.9 Å². The minimum Gasteiger partial charge on any atom is -0.496 e. The molecule has 3 N–H and O–H groups in total. The molecule has 0 saturated heterocycles. The van der Waals surface area contributed by atoms with E-state index in [0.717, 1.165) is 23.3 Å². The minimum absolute atomic E-state index is 0.657. The molecule has 0 amide bonds. The first-order chi connectivity index (χ1) is 7.27. The summed E-state index contributed by atoms with van der Waals surface area (Å²) in [5.41, 5.74) is 9.08. The molecule has 3 heteroatoms. The monoisotopic (exact) mass is 204 g/mol. The number of fused-ring (bicyclic) bond motifs is 1. The molecule has 2 aromatic rings. The third-order valence-electron chi connectivity index (χ3n) is 2.70. The molecule has 15 heavy (non-hydrogen) atoms. The Morgan fingerprint density at radius 2 is 2.20 bits per heavy atom. The van der Waals surface area contributed by atoms with Gasteiger partial charge in [-0.1, -0.05) is 6.07 Å². The van der Waals surface area contributed by atoms with E-state index in [-0.39, 0.29) is 0 Å². The third-order valence-corrected chi connectivity index (χ3v) is 2.70. The van der Waals surface area contributed by atoms with Crippen LogP contribution in [-0.2, 0) is 6.42 Å². The van der Waals surface area contributed by atoms with Crippen molar-refractivity contribution in [3.8, 4) is 5.75 Å². The van der Waals surface area contributed by atoms with Crippen molar-refractivity contribution in [1.82, 2.24) is 4.98 Å². The molecule has 3 nitrogen and oxygen atoms in total. The molecule has 0 bridgehead atoms. The lowest BCUT2D eigenvalue weighted by atomic mass is 10.1. The van der Waals surface area contributed by atoms with Gasteiger partial charge in [-0.15, -0.1) is 0 Å². The van der Waals surface area contributed by atoms with Gasteiger partial charge in [0.2, 0.25) is 0 Å². The van der Waals surface area contributed by atoms with Gasteiger partial charge < -0.3 is 15.5 Å². The van der Waals surface area contributed by atoms with Gasteiger partial charge in [-0.3, -0.25) is 0 Å². The van der Waals surface area contributed by atoms with Crippen LogP contribution in [-0.4, -0.2) is 18.6 Å². The quantitative estimate of drug-likeness (QED) is 0.803. The number of hydrogen-bond donors (Lipinski definition) is 2. The number of methoxy groups -OCH3 is 1. The van der Waals surface area contributed by atoms with Crippen LogP contribution in [0.15, 0.2) is 18.3 Å². The van der Waals surface area contributed by atoms with Crippen molar-refractivity contribution in [3.63, 3.8) is 0 Å². The number of aromatic amines is 1. The second-order valence-corrected chi connectivity index (χ2v) is 3.69. The highest BCUT2D eigenvalue weighted by molar-refractivity contribution is 5.90. The van der Waals surface area contributed by atoms with Gasteiger partial charge in [0.25, 0.3) is 0 Å². The average molecular weight is 204 g/mol. The van der Waals surface area contributed by atoms with Crippen LogP contribution in [0, 0.1) is 6.92 Å². The number of H-pyrrole nitrogens is 1. The number of aromatic nitrogens is 1. The summed E-state index contributed by atoms with van der Waals surface area (Å²) in [6.45, 7) is 2.71. The Bertz CT molecular complexity index is 474. The highest BCUT2D eigenvalue weighted by Crippen LogP contribution is 2.31. The van der Waals surface area contributed by atoms with Gasteiger partial charge in [0, 0.05) is 17.1 Å². The predicted octanol–water partition coefficient (Wildman–Crippen LogP) is 1.99. The Morgan fingerprint density at radius 3 is 2.87 bits per heavy atom. The maximum atomic E-state index is 5.59. The molecule has 0 aliphatic carbocycles. The maximum Gasteiger partial charge on any atom is 0.131 e. The van der Waals surface area contributed by atoms with Gasteiger partial charge in [0.05, 0.1) is 7.11 Å². The van der Waals surface area contributed by atoms with Crippen LogP contribution in [0.1, 0.15) is 11.1 Å². The van der Waals surface area contributed by atoms with Crippen molar-refractivity contribution in [1.29, 1.82) is 0 Å². The summed E-state index contributed by atoms with van der Waals surface area (Å²) in [6, 6.07) is 4.14. The number of benzene rings is 1. The van der Waals surface area contributed by atoms with E-state index in [4.69, 9.17) is 10.5 Å². The summed E-state index contributed by atoms with van der Waals surface area (Å²) in [5.74, 6) is 0.956. The molecule has 1 heterocycles. The lowest BCUT2D eigenvalue weighted by molar-refractivity contribution is 0.416. The Hall–Kier alpha value is -1.48. The molecule has 0 unspecified atom stereocenters. The van der Waals surface area contributed by atoms with Crippen molar-refractivity contribution >= 4 is 10.9 Å². The first kappa shape index (κ1) is 10.1. The van der Waals surface area contributed by atoms with Gasteiger partial charge in [-0.2, -0.15) is 0 Å². The normalized spacial score (nSPS) is 10.9. The lowest BCUT2D eigenvalue weighted by Gasteiger charge is -2.07. The summed E-state index contributed by atoms with van der Waals surface area (Å²) in [7, 11) is 1.71. The summed E-state index contributed by atoms with van der Waals surface area (Å²) in [5, 5.41) is 1.17. The highest BCUT2D eigenvalue weighted by Gasteiger charge is 2.10. The van der Waals surface area contributed by atoms with E-state index >= 15 is 0 Å². The van der Waals surface area contributed by atoms with Gasteiger partial charge >= 0.3 is 0 Å². The van der Waals surface area contributed by atoms with Crippen molar-refractivity contribution in [3.05, 3.63) is 29.5 Å².